The molecule has 1 heterocycles. The van der Waals surface area contributed by atoms with Crippen LogP contribution in [0.4, 0.5) is 0 Å². The number of amides is 2. The van der Waals surface area contributed by atoms with Gasteiger partial charge in [-0.15, -0.1) is 0 Å². The van der Waals surface area contributed by atoms with Gasteiger partial charge >= 0.3 is 0 Å². The monoisotopic (exact) mass is 384 g/mol. The van der Waals surface area contributed by atoms with Crippen LogP contribution in [-0.4, -0.2) is 23.3 Å². The number of hydrogen-bond donors (Lipinski definition) is 1. The minimum Gasteiger partial charge on any atom is -0.348 e. The Kier molecular flexibility index (Phi) is 5.43. The zero-order valence-corrected chi connectivity index (χ0v) is 16.5. The van der Waals surface area contributed by atoms with E-state index in [4.69, 9.17) is 0 Å². The smallest absolute Gasteiger partial charge is 0.254 e. The first-order chi connectivity index (χ1) is 14.1. The molecule has 3 aromatic rings. The van der Waals surface area contributed by atoms with Crippen molar-refractivity contribution in [2.75, 3.05) is 6.54 Å². The molecule has 1 aliphatic rings. The lowest BCUT2D eigenvalue weighted by Gasteiger charge is -2.29. The Hall–Kier alpha value is -3.40. The molecule has 1 aliphatic heterocycles. The van der Waals surface area contributed by atoms with Gasteiger partial charge in [0.15, 0.2) is 0 Å². The fraction of sp³-hybridized carbons (Fsp3) is 0.200. The molecule has 29 heavy (non-hydrogen) atoms. The first-order valence-electron chi connectivity index (χ1n) is 9.90. The van der Waals surface area contributed by atoms with Gasteiger partial charge in [0.05, 0.1) is 0 Å². The molecule has 0 aliphatic carbocycles. The zero-order chi connectivity index (χ0) is 20.2. The number of nitrogens with one attached hydrogen (secondary N) is 1. The van der Waals surface area contributed by atoms with Crippen molar-refractivity contribution >= 4 is 11.8 Å². The molecule has 0 saturated carbocycles. The van der Waals surface area contributed by atoms with Gasteiger partial charge in [-0.05, 0) is 48.2 Å². The highest BCUT2D eigenvalue weighted by Crippen LogP contribution is 2.20. The van der Waals surface area contributed by atoms with E-state index in [1.54, 1.807) is 24.3 Å². The first kappa shape index (κ1) is 18.9. The second-order valence-electron chi connectivity index (χ2n) is 7.49. The number of aryl methyl sites for hydroxylation is 1. The number of fused-ring (bicyclic) bond motifs is 1. The van der Waals surface area contributed by atoms with E-state index >= 15 is 0 Å². The third kappa shape index (κ3) is 4.37. The molecule has 146 valence electrons. The van der Waals surface area contributed by atoms with E-state index in [0.717, 1.165) is 12.0 Å². The molecule has 0 spiro atoms. The minimum absolute atomic E-state index is 0.0345. The topological polar surface area (TPSA) is 49.4 Å². The van der Waals surface area contributed by atoms with Gasteiger partial charge in [-0.25, -0.2) is 0 Å². The molecule has 0 saturated heterocycles. The van der Waals surface area contributed by atoms with Crippen LogP contribution in [0.15, 0.2) is 72.8 Å². The van der Waals surface area contributed by atoms with Crippen molar-refractivity contribution in [3.8, 4) is 0 Å². The molecule has 0 bridgehead atoms. The third-order valence-electron chi connectivity index (χ3n) is 5.36. The van der Waals surface area contributed by atoms with Gasteiger partial charge in [0.25, 0.3) is 11.8 Å². The summed E-state index contributed by atoms with van der Waals surface area (Å²) in [5.74, 6) is -0.211. The van der Waals surface area contributed by atoms with Gasteiger partial charge in [0.1, 0.15) is 0 Å². The molecule has 2 amide bonds. The summed E-state index contributed by atoms with van der Waals surface area (Å²) in [4.78, 5) is 27.4. The van der Waals surface area contributed by atoms with Gasteiger partial charge in [0.2, 0.25) is 0 Å². The Morgan fingerprint density at radius 3 is 2.41 bits per heavy atom. The maximum atomic E-state index is 13.0. The fourth-order valence-electron chi connectivity index (χ4n) is 3.64. The van der Waals surface area contributed by atoms with E-state index in [-0.39, 0.29) is 11.8 Å². The normalized spacial score (nSPS) is 12.9. The van der Waals surface area contributed by atoms with Gasteiger partial charge in [-0.1, -0.05) is 60.2 Å². The van der Waals surface area contributed by atoms with Crippen LogP contribution in [0, 0.1) is 6.92 Å². The lowest BCUT2D eigenvalue weighted by molar-refractivity contribution is 0.0734. The standard InChI is InChI=1S/C25H24N2O2/c1-18-9-11-19(12-10-18)16-26-24(28)21-7-4-8-22(15-21)25(29)27-14-13-20-5-2-3-6-23(20)17-27/h2-12,15H,13-14,16-17H2,1H3,(H,26,28). The van der Waals surface area contributed by atoms with Crippen LogP contribution in [0.3, 0.4) is 0 Å². The van der Waals surface area contributed by atoms with Crippen molar-refractivity contribution in [3.05, 3.63) is 106 Å². The van der Waals surface area contributed by atoms with E-state index in [1.807, 2.05) is 48.2 Å². The molecule has 4 rings (SSSR count). The van der Waals surface area contributed by atoms with Crippen LogP contribution >= 0.6 is 0 Å². The number of hydrogen-bond acceptors (Lipinski definition) is 2. The third-order valence-corrected chi connectivity index (χ3v) is 5.36. The Labute approximate surface area is 171 Å². The largest absolute Gasteiger partial charge is 0.348 e. The van der Waals surface area contributed by atoms with Crippen LogP contribution in [-0.2, 0) is 19.5 Å². The number of carbonyl (C=O) groups is 2. The van der Waals surface area contributed by atoms with Crippen molar-refractivity contribution in [1.29, 1.82) is 0 Å². The maximum Gasteiger partial charge on any atom is 0.254 e. The quantitative estimate of drug-likeness (QED) is 0.735. The average Bonchev–Trinajstić information content (AvgIpc) is 2.77. The number of rotatable bonds is 4. The Morgan fingerprint density at radius 1 is 0.897 bits per heavy atom. The van der Waals surface area contributed by atoms with Crippen LogP contribution in [0.2, 0.25) is 0 Å². The highest BCUT2D eigenvalue weighted by Gasteiger charge is 2.22. The Balaban J connectivity index is 1.43. The summed E-state index contributed by atoms with van der Waals surface area (Å²) in [6, 6.07) is 23.3. The SMILES string of the molecule is Cc1ccc(CNC(=O)c2cccc(C(=O)N3CCc4ccccc4C3)c2)cc1. The zero-order valence-electron chi connectivity index (χ0n) is 16.5. The molecule has 0 atom stereocenters. The molecule has 4 heteroatoms. The van der Waals surface area contributed by atoms with Crippen molar-refractivity contribution in [2.45, 2.75) is 26.4 Å². The lowest BCUT2D eigenvalue weighted by Crippen LogP contribution is -2.36. The summed E-state index contributed by atoms with van der Waals surface area (Å²) in [5, 5.41) is 2.93. The molecule has 1 N–H and O–H groups in total. The van der Waals surface area contributed by atoms with E-state index in [0.29, 0.717) is 30.8 Å². The van der Waals surface area contributed by atoms with Crippen LogP contribution in [0.1, 0.15) is 43.0 Å². The van der Waals surface area contributed by atoms with Crippen molar-refractivity contribution in [1.82, 2.24) is 10.2 Å². The summed E-state index contributed by atoms with van der Waals surface area (Å²) in [5.41, 5.74) is 5.78. The van der Waals surface area contributed by atoms with Gasteiger partial charge in [-0.3, -0.25) is 9.59 Å². The number of benzene rings is 3. The number of nitrogens with zero attached hydrogens (tertiary/aromatic N) is 1. The van der Waals surface area contributed by atoms with Gasteiger partial charge in [-0.2, -0.15) is 0 Å². The maximum absolute atomic E-state index is 13.0. The fourth-order valence-corrected chi connectivity index (χ4v) is 3.64. The van der Waals surface area contributed by atoms with Crippen molar-refractivity contribution in [3.63, 3.8) is 0 Å². The van der Waals surface area contributed by atoms with E-state index in [2.05, 4.69) is 17.4 Å². The molecule has 4 nitrogen and oxygen atoms in total. The molecular formula is C25H24N2O2. The van der Waals surface area contributed by atoms with Gasteiger partial charge in [0, 0.05) is 30.8 Å². The predicted octanol–water partition coefficient (Wildman–Crippen LogP) is 4.12. The highest BCUT2D eigenvalue weighted by atomic mass is 16.2. The van der Waals surface area contributed by atoms with E-state index < -0.39 is 0 Å². The molecular weight excluding hydrogens is 360 g/mol. The number of carbonyl (C=O) groups excluding carboxylic acids is 2. The van der Waals surface area contributed by atoms with Crippen molar-refractivity contribution in [2.24, 2.45) is 0 Å². The minimum atomic E-state index is -0.177. The van der Waals surface area contributed by atoms with Crippen molar-refractivity contribution < 1.29 is 9.59 Å². The van der Waals surface area contributed by atoms with Crippen LogP contribution in [0.5, 0.6) is 0 Å². The average molecular weight is 384 g/mol. The van der Waals surface area contributed by atoms with Gasteiger partial charge < -0.3 is 10.2 Å². The van der Waals surface area contributed by atoms with E-state index in [1.165, 1.54) is 16.7 Å². The summed E-state index contributed by atoms with van der Waals surface area (Å²) in [7, 11) is 0. The molecule has 0 radical (unpaired) electrons. The molecule has 0 fully saturated rings. The summed E-state index contributed by atoms with van der Waals surface area (Å²) >= 11 is 0. The summed E-state index contributed by atoms with van der Waals surface area (Å²) < 4.78 is 0. The predicted molar refractivity (Wildman–Crippen MR) is 114 cm³/mol. The lowest BCUT2D eigenvalue weighted by atomic mass is 9.99. The molecule has 0 aromatic heterocycles. The van der Waals surface area contributed by atoms with E-state index in [9.17, 15) is 9.59 Å². The first-order valence-corrected chi connectivity index (χ1v) is 9.90. The van der Waals surface area contributed by atoms with Crippen LogP contribution in [0.25, 0.3) is 0 Å². The second-order valence-corrected chi connectivity index (χ2v) is 7.49. The Bertz CT molecular complexity index is 1040. The molecule has 0 unspecified atom stereocenters. The summed E-state index contributed by atoms with van der Waals surface area (Å²) in [6.07, 6.45) is 0.860. The van der Waals surface area contributed by atoms with Crippen LogP contribution < -0.4 is 5.32 Å². The summed E-state index contributed by atoms with van der Waals surface area (Å²) in [6.45, 7) is 3.80. The second kappa shape index (κ2) is 8.31. The Morgan fingerprint density at radius 2 is 1.62 bits per heavy atom. The molecule has 3 aromatic carbocycles. The highest BCUT2D eigenvalue weighted by molar-refractivity contribution is 5.99.